The molecule has 37 heavy (non-hydrogen) atoms. The van der Waals surface area contributed by atoms with E-state index in [-0.39, 0.29) is 11.5 Å². The molecule has 6 heteroatoms. The molecule has 1 aliphatic rings. The number of aromatic carboxylic acids is 1. The topological polar surface area (TPSA) is 65.8 Å². The zero-order valence-electron chi connectivity index (χ0n) is 21.4. The molecule has 0 spiro atoms. The van der Waals surface area contributed by atoms with E-state index in [1.165, 1.54) is 5.56 Å². The Morgan fingerprint density at radius 2 is 1.70 bits per heavy atom. The maximum atomic E-state index is 13.1. The minimum Gasteiger partial charge on any atom is -0.478 e. The fourth-order valence-corrected chi connectivity index (χ4v) is 5.11. The van der Waals surface area contributed by atoms with Gasteiger partial charge in [0.1, 0.15) is 0 Å². The van der Waals surface area contributed by atoms with Crippen LogP contribution in [0.15, 0.2) is 79.0 Å². The van der Waals surface area contributed by atoms with Crippen LogP contribution in [0.3, 0.4) is 0 Å². The number of aromatic nitrogens is 1. The second kappa shape index (κ2) is 10.6. The molecule has 1 aromatic heterocycles. The lowest BCUT2D eigenvalue weighted by molar-refractivity contribution is -0.134. The minimum absolute atomic E-state index is 0.141. The summed E-state index contributed by atoms with van der Waals surface area (Å²) >= 11 is 0. The van der Waals surface area contributed by atoms with Gasteiger partial charge >= 0.3 is 5.97 Å². The molecule has 0 atom stereocenters. The van der Waals surface area contributed by atoms with E-state index in [1.54, 1.807) is 12.1 Å². The van der Waals surface area contributed by atoms with Crippen LogP contribution in [-0.2, 0) is 17.8 Å². The highest BCUT2D eigenvalue weighted by Gasteiger charge is 2.23. The Balaban J connectivity index is 1.35. The monoisotopic (exact) mass is 495 g/mol. The van der Waals surface area contributed by atoms with Crippen LogP contribution in [0.2, 0.25) is 0 Å². The van der Waals surface area contributed by atoms with Gasteiger partial charge in [0, 0.05) is 36.9 Å². The van der Waals surface area contributed by atoms with Crippen LogP contribution in [0.25, 0.3) is 16.6 Å². The third kappa shape index (κ3) is 5.44. The first-order chi connectivity index (χ1) is 17.9. The Labute approximate surface area is 217 Å². The molecule has 1 fully saturated rings. The number of carboxylic acid groups (broad SMARTS) is 1. The second-order valence-corrected chi connectivity index (χ2v) is 10.2. The van der Waals surface area contributed by atoms with Crippen molar-refractivity contribution >= 4 is 22.8 Å². The number of benzene rings is 3. The molecule has 0 unspecified atom stereocenters. The van der Waals surface area contributed by atoms with Gasteiger partial charge in [-0.25, -0.2) is 4.79 Å². The number of hydrogen-bond donors (Lipinski definition) is 1. The first-order valence-corrected chi connectivity index (χ1v) is 12.9. The number of rotatable bonds is 7. The Morgan fingerprint density at radius 1 is 0.946 bits per heavy atom. The van der Waals surface area contributed by atoms with Crippen LogP contribution in [0.4, 0.5) is 0 Å². The highest BCUT2D eigenvalue weighted by Crippen LogP contribution is 2.28. The lowest BCUT2D eigenvalue weighted by atomic mass is 10.0. The average molecular weight is 496 g/mol. The predicted octanol–water partition coefficient (Wildman–Crippen LogP) is 5.69. The third-order valence-electron chi connectivity index (χ3n) is 7.19. The fraction of sp³-hybridized carbons (Fsp3) is 0.290. The second-order valence-electron chi connectivity index (χ2n) is 10.2. The molecular formula is C31H33N3O3. The van der Waals surface area contributed by atoms with Gasteiger partial charge in [0.05, 0.1) is 24.2 Å². The van der Waals surface area contributed by atoms with Crippen LogP contribution in [0, 0.1) is 0 Å². The summed E-state index contributed by atoms with van der Waals surface area (Å²) in [5.74, 6) is -0.321. The van der Waals surface area contributed by atoms with Gasteiger partial charge in [-0.1, -0.05) is 56.3 Å². The van der Waals surface area contributed by atoms with Gasteiger partial charge in [-0.3, -0.25) is 9.69 Å². The molecule has 1 saturated heterocycles. The highest BCUT2D eigenvalue weighted by molar-refractivity contribution is 5.95. The SMILES string of the molecule is CC(C)c1ccc(CC(=O)N2CCCN(Cc3cn(-c4ccccc4)c4ccc(C(=O)O)cc34)C2)cc1. The van der Waals surface area contributed by atoms with Gasteiger partial charge in [0.15, 0.2) is 0 Å². The van der Waals surface area contributed by atoms with Gasteiger partial charge in [0.25, 0.3) is 0 Å². The van der Waals surface area contributed by atoms with E-state index < -0.39 is 5.97 Å². The number of carboxylic acids is 1. The summed E-state index contributed by atoms with van der Waals surface area (Å²) in [6, 6.07) is 23.7. The number of hydrogen-bond acceptors (Lipinski definition) is 3. The van der Waals surface area contributed by atoms with Crippen molar-refractivity contribution in [3.63, 3.8) is 0 Å². The number of fused-ring (bicyclic) bond motifs is 1. The van der Waals surface area contributed by atoms with E-state index in [0.717, 1.165) is 47.2 Å². The third-order valence-corrected chi connectivity index (χ3v) is 7.19. The minimum atomic E-state index is -0.934. The molecule has 3 aromatic carbocycles. The van der Waals surface area contributed by atoms with Crippen molar-refractivity contribution < 1.29 is 14.7 Å². The van der Waals surface area contributed by atoms with Crippen LogP contribution in [0.1, 0.15) is 53.2 Å². The number of carbonyl (C=O) groups excluding carboxylic acids is 1. The standard InChI is InChI=1S/C31H33N3O3/c1-22(2)24-11-9-23(10-12-24)17-30(35)33-16-6-15-32(21-33)19-26-20-34(27-7-4-3-5-8-27)29-14-13-25(31(36)37)18-28(26)29/h3-5,7-14,18,20,22H,6,15-17,19,21H2,1-2H3,(H,36,37). The Morgan fingerprint density at radius 3 is 2.41 bits per heavy atom. The van der Waals surface area contributed by atoms with Crippen molar-refractivity contribution in [2.45, 2.75) is 39.2 Å². The Kier molecular flexibility index (Phi) is 7.10. The Bertz CT molecular complexity index is 1410. The Hall–Kier alpha value is -3.90. The molecule has 0 aliphatic carbocycles. The summed E-state index contributed by atoms with van der Waals surface area (Å²) in [6.07, 6.45) is 3.42. The maximum Gasteiger partial charge on any atom is 0.335 e. The summed E-state index contributed by atoms with van der Waals surface area (Å²) in [6.45, 7) is 7.20. The molecule has 0 radical (unpaired) electrons. The molecule has 1 N–H and O–H groups in total. The van der Waals surface area contributed by atoms with Crippen molar-refractivity contribution in [2.75, 3.05) is 19.8 Å². The number of para-hydroxylation sites is 1. The number of carbonyl (C=O) groups is 2. The highest BCUT2D eigenvalue weighted by atomic mass is 16.4. The normalized spacial score (nSPS) is 14.4. The fourth-order valence-electron chi connectivity index (χ4n) is 5.11. The maximum absolute atomic E-state index is 13.1. The predicted molar refractivity (Wildman–Crippen MR) is 146 cm³/mol. The van der Waals surface area contributed by atoms with E-state index in [4.69, 9.17) is 0 Å². The zero-order valence-corrected chi connectivity index (χ0v) is 21.4. The van der Waals surface area contributed by atoms with Crippen molar-refractivity contribution in [1.29, 1.82) is 0 Å². The van der Waals surface area contributed by atoms with E-state index in [9.17, 15) is 14.7 Å². The van der Waals surface area contributed by atoms with Gasteiger partial charge in [0.2, 0.25) is 5.91 Å². The average Bonchev–Trinajstić information content (AvgIpc) is 3.27. The van der Waals surface area contributed by atoms with Gasteiger partial charge in [-0.05, 0) is 59.4 Å². The lowest BCUT2D eigenvalue weighted by Gasteiger charge is -2.35. The van der Waals surface area contributed by atoms with E-state index >= 15 is 0 Å². The summed E-state index contributed by atoms with van der Waals surface area (Å²) in [5.41, 5.74) is 5.65. The molecule has 6 nitrogen and oxygen atoms in total. The summed E-state index contributed by atoms with van der Waals surface area (Å²) in [5, 5.41) is 10.5. The quantitative estimate of drug-likeness (QED) is 0.358. The molecule has 0 bridgehead atoms. The van der Waals surface area contributed by atoms with Crippen molar-refractivity contribution in [3.05, 3.63) is 101 Å². The van der Waals surface area contributed by atoms with E-state index in [2.05, 4.69) is 53.8 Å². The first kappa shape index (κ1) is 24.8. The molecule has 190 valence electrons. The summed E-state index contributed by atoms with van der Waals surface area (Å²) < 4.78 is 2.12. The van der Waals surface area contributed by atoms with Crippen molar-refractivity contribution in [1.82, 2.24) is 14.4 Å². The van der Waals surface area contributed by atoms with Crippen LogP contribution in [0.5, 0.6) is 0 Å². The zero-order chi connectivity index (χ0) is 25.9. The van der Waals surface area contributed by atoms with E-state index in [0.29, 0.717) is 25.6 Å². The van der Waals surface area contributed by atoms with Crippen molar-refractivity contribution in [3.8, 4) is 5.69 Å². The molecule has 1 amide bonds. The largest absolute Gasteiger partial charge is 0.478 e. The van der Waals surface area contributed by atoms with E-state index in [1.807, 2.05) is 41.3 Å². The van der Waals surface area contributed by atoms with Crippen molar-refractivity contribution in [2.24, 2.45) is 0 Å². The summed E-state index contributed by atoms with van der Waals surface area (Å²) in [4.78, 5) is 29.0. The number of amides is 1. The van der Waals surface area contributed by atoms with Gasteiger partial charge in [-0.15, -0.1) is 0 Å². The molecule has 1 aliphatic heterocycles. The molecule has 2 heterocycles. The number of nitrogens with zero attached hydrogens (tertiary/aromatic N) is 3. The van der Waals surface area contributed by atoms with Gasteiger partial charge in [-0.2, -0.15) is 0 Å². The first-order valence-electron chi connectivity index (χ1n) is 12.9. The summed E-state index contributed by atoms with van der Waals surface area (Å²) in [7, 11) is 0. The van der Waals surface area contributed by atoms with Crippen LogP contribution in [-0.4, -0.2) is 51.1 Å². The van der Waals surface area contributed by atoms with Crippen LogP contribution >= 0.6 is 0 Å². The molecule has 4 aromatic rings. The molecular weight excluding hydrogens is 462 g/mol. The smallest absolute Gasteiger partial charge is 0.335 e. The molecule has 0 saturated carbocycles. The van der Waals surface area contributed by atoms with Gasteiger partial charge < -0.3 is 14.6 Å². The van der Waals surface area contributed by atoms with Crippen LogP contribution < -0.4 is 0 Å². The molecule has 5 rings (SSSR count). The lowest BCUT2D eigenvalue weighted by Crippen LogP contribution is -2.47.